The number of rotatable bonds is 4. The molecule has 8 nitrogen and oxygen atoms in total. The first-order valence-corrected chi connectivity index (χ1v) is 8.01. The van der Waals surface area contributed by atoms with Crippen LogP contribution in [0.15, 0.2) is 9.05 Å². The maximum Gasteiger partial charge on any atom is 0.290 e. The summed E-state index contributed by atoms with van der Waals surface area (Å²) in [5.41, 5.74) is 1.84. The number of ether oxygens (including phenoxy) is 1. The summed E-state index contributed by atoms with van der Waals surface area (Å²) in [5, 5.41) is 10.6. The van der Waals surface area contributed by atoms with Gasteiger partial charge in [0.05, 0.1) is 12.2 Å². The van der Waals surface area contributed by atoms with Gasteiger partial charge >= 0.3 is 0 Å². The van der Waals surface area contributed by atoms with Gasteiger partial charge in [0.1, 0.15) is 6.10 Å². The monoisotopic (exact) mass is 318 g/mol. The van der Waals surface area contributed by atoms with Crippen LogP contribution in [0.25, 0.3) is 0 Å². The smallest absolute Gasteiger partial charge is 0.290 e. The number of hydrogen-bond donors (Lipinski definition) is 1. The first-order chi connectivity index (χ1) is 11.3. The van der Waals surface area contributed by atoms with E-state index in [4.69, 9.17) is 13.8 Å². The molecular weight excluding hydrogens is 300 g/mol. The second-order valence-electron chi connectivity index (χ2n) is 5.88. The molecule has 0 saturated carbocycles. The van der Waals surface area contributed by atoms with Crippen LogP contribution in [0.5, 0.6) is 0 Å². The first-order valence-electron chi connectivity index (χ1n) is 8.01. The molecule has 1 aliphatic heterocycles. The molecule has 2 aliphatic rings. The number of nitrogens with one attached hydrogen (secondary N) is 1. The van der Waals surface area contributed by atoms with E-state index in [-0.39, 0.29) is 18.6 Å². The SMILES string of the molecule is O=C(NCc1noc(C2CCCO2)n1)c1onc2c1CCCC2. The molecule has 1 N–H and O–H groups in total. The summed E-state index contributed by atoms with van der Waals surface area (Å²) in [6, 6.07) is 0. The van der Waals surface area contributed by atoms with Crippen LogP contribution in [0.2, 0.25) is 0 Å². The molecule has 3 heterocycles. The molecule has 0 aromatic carbocycles. The fourth-order valence-corrected chi connectivity index (χ4v) is 3.05. The zero-order valence-corrected chi connectivity index (χ0v) is 12.7. The van der Waals surface area contributed by atoms with Crippen LogP contribution in [0.4, 0.5) is 0 Å². The van der Waals surface area contributed by atoms with Crippen molar-refractivity contribution in [3.8, 4) is 0 Å². The van der Waals surface area contributed by atoms with Crippen molar-refractivity contribution in [1.29, 1.82) is 0 Å². The van der Waals surface area contributed by atoms with Gasteiger partial charge in [-0.05, 0) is 38.5 Å². The maximum atomic E-state index is 12.3. The van der Waals surface area contributed by atoms with E-state index in [2.05, 4.69) is 20.6 Å². The maximum absolute atomic E-state index is 12.3. The summed E-state index contributed by atoms with van der Waals surface area (Å²) in [4.78, 5) is 16.5. The fourth-order valence-electron chi connectivity index (χ4n) is 3.05. The van der Waals surface area contributed by atoms with E-state index in [1.807, 2.05) is 0 Å². The molecule has 0 radical (unpaired) electrons. The molecule has 122 valence electrons. The van der Waals surface area contributed by atoms with Gasteiger partial charge in [-0.3, -0.25) is 4.79 Å². The molecule has 1 saturated heterocycles. The van der Waals surface area contributed by atoms with Crippen molar-refractivity contribution in [2.75, 3.05) is 6.61 Å². The molecule has 23 heavy (non-hydrogen) atoms. The van der Waals surface area contributed by atoms with Gasteiger partial charge < -0.3 is 19.1 Å². The topological polar surface area (TPSA) is 103 Å². The fraction of sp³-hybridized carbons (Fsp3) is 0.600. The van der Waals surface area contributed by atoms with Gasteiger partial charge in [0.15, 0.2) is 5.82 Å². The zero-order valence-electron chi connectivity index (χ0n) is 12.7. The highest BCUT2D eigenvalue weighted by Crippen LogP contribution is 2.27. The normalized spacial score (nSPS) is 20.4. The Morgan fingerprint density at radius 2 is 2.09 bits per heavy atom. The number of amides is 1. The number of nitrogens with zero attached hydrogens (tertiary/aromatic N) is 3. The number of hydrogen-bond acceptors (Lipinski definition) is 7. The Hall–Kier alpha value is -2.22. The Balaban J connectivity index is 1.39. The van der Waals surface area contributed by atoms with E-state index in [9.17, 15) is 4.79 Å². The summed E-state index contributed by atoms with van der Waals surface area (Å²) in [5.74, 6) is 0.924. The van der Waals surface area contributed by atoms with E-state index in [1.54, 1.807) is 0 Å². The minimum atomic E-state index is -0.288. The summed E-state index contributed by atoms with van der Waals surface area (Å²) in [7, 11) is 0. The van der Waals surface area contributed by atoms with Crippen molar-refractivity contribution in [2.24, 2.45) is 0 Å². The van der Waals surface area contributed by atoms with Crippen molar-refractivity contribution < 1.29 is 18.6 Å². The Labute approximate surface area is 132 Å². The average Bonchev–Trinajstić information content (AvgIpc) is 3.31. The Morgan fingerprint density at radius 3 is 2.96 bits per heavy atom. The lowest BCUT2D eigenvalue weighted by atomic mass is 9.96. The number of aromatic nitrogens is 3. The molecule has 1 fully saturated rings. The molecule has 4 rings (SSSR count). The molecular formula is C15H18N4O4. The van der Waals surface area contributed by atoms with Crippen molar-refractivity contribution in [1.82, 2.24) is 20.6 Å². The summed E-state index contributed by atoms with van der Waals surface area (Å²) in [6.07, 6.45) is 5.63. The highest BCUT2D eigenvalue weighted by Gasteiger charge is 2.26. The lowest BCUT2D eigenvalue weighted by molar-refractivity contribution is 0.0835. The van der Waals surface area contributed by atoms with Crippen LogP contribution in [0.3, 0.4) is 0 Å². The molecule has 8 heteroatoms. The van der Waals surface area contributed by atoms with E-state index < -0.39 is 0 Å². The molecule has 0 spiro atoms. The van der Waals surface area contributed by atoms with Gasteiger partial charge in [-0.25, -0.2) is 0 Å². The Morgan fingerprint density at radius 1 is 1.17 bits per heavy atom. The predicted molar refractivity (Wildman–Crippen MR) is 76.5 cm³/mol. The van der Waals surface area contributed by atoms with E-state index >= 15 is 0 Å². The average molecular weight is 318 g/mol. The highest BCUT2D eigenvalue weighted by molar-refractivity contribution is 5.92. The quantitative estimate of drug-likeness (QED) is 0.915. The second kappa shape index (κ2) is 6.11. The third-order valence-electron chi connectivity index (χ3n) is 4.26. The number of fused-ring (bicyclic) bond motifs is 1. The van der Waals surface area contributed by atoms with Gasteiger partial charge in [-0.1, -0.05) is 10.3 Å². The molecule has 1 atom stereocenters. The molecule has 1 unspecified atom stereocenters. The van der Waals surface area contributed by atoms with Gasteiger partial charge in [-0.15, -0.1) is 0 Å². The minimum absolute atomic E-state index is 0.117. The minimum Gasteiger partial charge on any atom is -0.368 e. The van der Waals surface area contributed by atoms with Crippen molar-refractivity contribution in [3.05, 3.63) is 28.7 Å². The van der Waals surface area contributed by atoms with E-state index in [0.29, 0.717) is 17.5 Å². The number of carbonyl (C=O) groups excluding carboxylic acids is 1. The predicted octanol–water partition coefficient (Wildman–Crippen LogP) is 1.72. The van der Waals surface area contributed by atoms with Gasteiger partial charge in [0, 0.05) is 12.2 Å². The van der Waals surface area contributed by atoms with Crippen LogP contribution in [0.1, 0.15) is 65.3 Å². The third-order valence-corrected chi connectivity index (χ3v) is 4.26. The molecule has 2 aromatic rings. The Kier molecular flexibility index (Phi) is 3.82. The van der Waals surface area contributed by atoms with Crippen molar-refractivity contribution >= 4 is 5.91 Å². The van der Waals surface area contributed by atoms with Gasteiger partial charge in [0.25, 0.3) is 11.8 Å². The van der Waals surface area contributed by atoms with Gasteiger partial charge in [0.2, 0.25) is 5.76 Å². The molecule has 2 aromatic heterocycles. The molecule has 0 bridgehead atoms. The zero-order chi connectivity index (χ0) is 15.6. The van der Waals surface area contributed by atoms with E-state index in [1.165, 1.54) is 0 Å². The van der Waals surface area contributed by atoms with Crippen molar-refractivity contribution in [3.63, 3.8) is 0 Å². The number of aryl methyl sites for hydroxylation is 1. The molecule has 1 amide bonds. The lowest BCUT2D eigenvalue weighted by Gasteiger charge is -2.08. The second-order valence-corrected chi connectivity index (χ2v) is 5.88. The van der Waals surface area contributed by atoms with E-state index in [0.717, 1.165) is 56.4 Å². The van der Waals surface area contributed by atoms with Crippen LogP contribution in [-0.4, -0.2) is 27.8 Å². The summed E-state index contributed by atoms with van der Waals surface area (Å²) < 4.78 is 15.9. The first kappa shape index (κ1) is 14.4. The standard InChI is InChI=1S/C15H18N4O4/c20-14(13-9-4-1-2-5-10(9)18-22-13)16-8-12-17-15(23-19-12)11-6-3-7-21-11/h11H,1-8H2,(H,16,20). The summed E-state index contributed by atoms with van der Waals surface area (Å²) in [6.45, 7) is 0.903. The molecule has 1 aliphatic carbocycles. The van der Waals surface area contributed by atoms with Crippen LogP contribution in [-0.2, 0) is 24.1 Å². The highest BCUT2D eigenvalue weighted by atomic mass is 16.5. The van der Waals surface area contributed by atoms with Crippen molar-refractivity contribution in [2.45, 2.75) is 51.2 Å². The van der Waals surface area contributed by atoms with Crippen LogP contribution in [0, 0.1) is 0 Å². The largest absolute Gasteiger partial charge is 0.368 e. The third kappa shape index (κ3) is 2.86. The van der Waals surface area contributed by atoms with Crippen LogP contribution < -0.4 is 5.32 Å². The Bertz CT molecular complexity index is 702. The van der Waals surface area contributed by atoms with Gasteiger partial charge in [-0.2, -0.15) is 4.98 Å². The lowest BCUT2D eigenvalue weighted by Crippen LogP contribution is -2.24. The summed E-state index contributed by atoms with van der Waals surface area (Å²) >= 11 is 0. The number of carbonyl (C=O) groups is 1. The van der Waals surface area contributed by atoms with Crippen LogP contribution >= 0.6 is 0 Å².